The Labute approximate surface area is 68.1 Å². The van der Waals surface area contributed by atoms with Gasteiger partial charge in [-0.15, -0.1) is 0 Å². The first-order valence-electron chi connectivity index (χ1n) is 4.18. The second-order valence-electron chi connectivity index (χ2n) is 3.67. The average molecular weight is 155 g/mol. The lowest BCUT2D eigenvalue weighted by molar-refractivity contribution is 0.0329. The lowest BCUT2D eigenvalue weighted by Gasteiger charge is -2.35. The number of rotatable bonds is 1. The van der Waals surface area contributed by atoms with Crippen LogP contribution in [0.3, 0.4) is 0 Å². The topological polar surface area (TPSA) is 46.2 Å². The van der Waals surface area contributed by atoms with Gasteiger partial charge in [0.2, 0.25) is 0 Å². The molecule has 2 heteroatoms. The fourth-order valence-corrected chi connectivity index (χ4v) is 1.68. The molecule has 1 aliphatic carbocycles. The maximum absolute atomic E-state index is 9.94. The summed E-state index contributed by atoms with van der Waals surface area (Å²) in [6.45, 7) is 5.65. The van der Waals surface area contributed by atoms with Gasteiger partial charge in [-0.3, -0.25) is 0 Å². The molecule has 1 fully saturated rings. The lowest BCUT2D eigenvalue weighted by Crippen LogP contribution is -2.41. The van der Waals surface area contributed by atoms with Crippen molar-refractivity contribution >= 4 is 0 Å². The molecule has 0 bridgehead atoms. The van der Waals surface area contributed by atoms with E-state index in [1.807, 2.05) is 6.92 Å². The Morgan fingerprint density at radius 3 is 2.73 bits per heavy atom. The van der Waals surface area contributed by atoms with Gasteiger partial charge in [-0.25, -0.2) is 0 Å². The Hall–Kier alpha value is -0.340. The third kappa shape index (κ3) is 1.82. The van der Waals surface area contributed by atoms with Crippen LogP contribution in [0, 0.1) is 0 Å². The summed E-state index contributed by atoms with van der Waals surface area (Å²) in [5.41, 5.74) is 5.93. The summed E-state index contributed by atoms with van der Waals surface area (Å²) >= 11 is 0. The van der Waals surface area contributed by atoms with Crippen molar-refractivity contribution in [3.8, 4) is 0 Å². The molecule has 0 radical (unpaired) electrons. The third-order valence-corrected chi connectivity index (χ3v) is 2.56. The van der Waals surface area contributed by atoms with Gasteiger partial charge in [-0.05, 0) is 38.2 Å². The van der Waals surface area contributed by atoms with Crippen LogP contribution in [0.25, 0.3) is 0 Å². The molecule has 0 aromatic heterocycles. The van der Waals surface area contributed by atoms with Crippen molar-refractivity contribution in [2.75, 3.05) is 0 Å². The molecule has 1 aliphatic rings. The Morgan fingerprint density at radius 1 is 1.73 bits per heavy atom. The maximum Gasteiger partial charge on any atom is 0.0866 e. The zero-order chi connectivity index (χ0) is 8.48. The predicted molar refractivity (Wildman–Crippen MR) is 46.2 cm³/mol. The third-order valence-electron chi connectivity index (χ3n) is 2.56. The summed E-state index contributed by atoms with van der Waals surface area (Å²) in [5.74, 6) is 0. The minimum Gasteiger partial charge on any atom is -0.385 e. The molecule has 2 unspecified atom stereocenters. The normalized spacial score (nSPS) is 38.6. The van der Waals surface area contributed by atoms with E-state index in [0.29, 0.717) is 6.42 Å². The maximum atomic E-state index is 9.94. The molecule has 0 heterocycles. The van der Waals surface area contributed by atoms with Crippen molar-refractivity contribution in [1.29, 1.82) is 0 Å². The SMILES string of the molecule is C=C(C)C1(O)CCCC(N)C1. The largest absolute Gasteiger partial charge is 0.385 e. The highest BCUT2D eigenvalue weighted by molar-refractivity contribution is 5.11. The van der Waals surface area contributed by atoms with E-state index in [1.54, 1.807) is 0 Å². The Kier molecular flexibility index (Phi) is 2.35. The average Bonchev–Trinajstić information content (AvgIpc) is 1.86. The molecule has 0 aromatic carbocycles. The molecular formula is C9H17NO. The molecule has 2 nitrogen and oxygen atoms in total. The van der Waals surface area contributed by atoms with E-state index in [4.69, 9.17) is 5.73 Å². The van der Waals surface area contributed by atoms with Crippen LogP contribution in [0.4, 0.5) is 0 Å². The Balaban J connectivity index is 2.63. The van der Waals surface area contributed by atoms with Crippen molar-refractivity contribution in [2.45, 2.75) is 44.2 Å². The monoisotopic (exact) mass is 155 g/mol. The molecule has 2 atom stereocenters. The van der Waals surface area contributed by atoms with Gasteiger partial charge in [0.15, 0.2) is 0 Å². The van der Waals surface area contributed by atoms with Gasteiger partial charge < -0.3 is 10.8 Å². The highest BCUT2D eigenvalue weighted by atomic mass is 16.3. The molecule has 1 rings (SSSR count). The summed E-state index contributed by atoms with van der Waals surface area (Å²) in [6.07, 6.45) is 3.57. The van der Waals surface area contributed by atoms with Crippen molar-refractivity contribution in [1.82, 2.24) is 0 Å². The first-order valence-corrected chi connectivity index (χ1v) is 4.18. The highest BCUT2D eigenvalue weighted by Crippen LogP contribution is 2.32. The van der Waals surface area contributed by atoms with E-state index in [-0.39, 0.29) is 6.04 Å². The summed E-state index contributed by atoms with van der Waals surface area (Å²) < 4.78 is 0. The second-order valence-corrected chi connectivity index (χ2v) is 3.67. The fraction of sp³-hybridized carbons (Fsp3) is 0.778. The summed E-state index contributed by atoms with van der Waals surface area (Å²) in [4.78, 5) is 0. The van der Waals surface area contributed by atoms with E-state index in [1.165, 1.54) is 0 Å². The number of aliphatic hydroxyl groups is 1. The molecule has 3 N–H and O–H groups in total. The van der Waals surface area contributed by atoms with Gasteiger partial charge in [-0.1, -0.05) is 6.58 Å². The van der Waals surface area contributed by atoms with Gasteiger partial charge in [0.05, 0.1) is 5.60 Å². The summed E-state index contributed by atoms with van der Waals surface area (Å²) in [6, 6.07) is 0.158. The summed E-state index contributed by atoms with van der Waals surface area (Å²) in [7, 11) is 0. The molecule has 0 amide bonds. The van der Waals surface area contributed by atoms with Crippen LogP contribution in [0.1, 0.15) is 32.6 Å². The van der Waals surface area contributed by atoms with Crippen molar-refractivity contribution in [3.05, 3.63) is 12.2 Å². The van der Waals surface area contributed by atoms with Crippen LogP contribution in [0.5, 0.6) is 0 Å². The van der Waals surface area contributed by atoms with E-state index in [2.05, 4.69) is 6.58 Å². The molecule has 0 spiro atoms. The number of hydrogen-bond acceptors (Lipinski definition) is 2. The minimum atomic E-state index is -0.669. The molecule has 1 saturated carbocycles. The molecule has 64 valence electrons. The van der Waals surface area contributed by atoms with Crippen LogP contribution in [-0.2, 0) is 0 Å². The van der Waals surface area contributed by atoms with E-state index in [0.717, 1.165) is 24.8 Å². The van der Waals surface area contributed by atoms with Gasteiger partial charge in [0.1, 0.15) is 0 Å². The molecule has 0 aliphatic heterocycles. The van der Waals surface area contributed by atoms with Crippen LogP contribution >= 0.6 is 0 Å². The van der Waals surface area contributed by atoms with Crippen LogP contribution in [-0.4, -0.2) is 16.7 Å². The molecule has 0 saturated heterocycles. The number of nitrogens with two attached hydrogens (primary N) is 1. The fourth-order valence-electron chi connectivity index (χ4n) is 1.68. The predicted octanol–water partition coefficient (Wildman–Crippen LogP) is 1.19. The smallest absolute Gasteiger partial charge is 0.0866 e. The lowest BCUT2D eigenvalue weighted by atomic mass is 9.78. The summed E-state index contributed by atoms with van der Waals surface area (Å²) in [5, 5.41) is 9.94. The molecule has 11 heavy (non-hydrogen) atoms. The first kappa shape index (κ1) is 8.75. The van der Waals surface area contributed by atoms with Crippen molar-refractivity contribution in [3.63, 3.8) is 0 Å². The standard InChI is InChI=1S/C9H17NO/c1-7(2)9(11)5-3-4-8(10)6-9/h8,11H,1,3-6,10H2,2H3. The van der Waals surface area contributed by atoms with E-state index < -0.39 is 5.60 Å². The van der Waals surface area contributed by atoms with Crippen LogP contribution in [0.2, 0.25) is 0 Å². The molecular weight excluding hydrogens is 138 g/mol. The molecule has 0 aromatic rings. The number of hydrogen-bond donors (Lipinski definition) is 2. The van der Waals surface area contributed by atoms with Crippen LogP contribution in [0.15, 0.2) is 12.2 Å². The first-order chi connectivity index (χ1) is 5.04. The Bertz CT molecular complexity index is 167. The van der Waals surface area contributed by atoms with Gasteiger partial charge in [0.25, 0.3) is 0 Å². The van der Waals surface area contributed by atoms with Crippen LogP contribution < -0.4 is 5.73 Å². The van der Waals surface area contributed by atoms with E-state index in [9.17, 15) is 5.11 Å². The van der Waals surface area contributed by atoms with E-state index >= 15 is 0 Å². The zero-order valence-electron chi connectivity index (χ0n) is 7.14. The highest BCUT2D eigenvalue weighted by Gasteiger charge is 2.33. The quantitative estimate of drug-likeness (QED) is 0.559. The zero-order valence-corrected chi connectivity index (χ0v) is 7.14. The van der Waals surface area contributed by atoms with Gasteiger partial charge >= 0.3 is 0 Å². The van der Waals surface area contributed by atoms with Gasteiger partial charge in [-0.2, -0.15) is 0 Å². The minimum absolute atomic E-state index is 0.158. The Morgan fingerprint density at radius 2 is 2.36 bits per heavy atom. The second kappa shape index (κ2) is 2.95. The van der Waals surface area contributed by atoms with Crippen molar-refractivity contribution < 1.29 is 5.11 Å². The van der Waals surface area contributed by atoms with Gasteiger partial charge in [0, 0.05) is 6.04 Å². The van der Waals surface area contributed by atoms with Crippen molar-refractivity contribution in [2.24, 2.45) is 5.73 Å².